The Hall–Kier alpha value is -2.20. The van der Waals surface area contributed by atoms with Gasteiger partial charge in [-0.15, -0.1) is 0 Å². The number of aromatic nitrogens is 3. The highest BCUT2D eigenvalue weighted by molar-refractivity contribution is 5.54. The molecule has 0 fully saturated rings. The van der Waals surface area contributed by atoms with Crippen molar-refractivity contribution in [1.29, 1.82) is 0 Å². The van der Waals surface area contributed by atoms with E-state index >= 15 is 0 Å². The molecule has 90 valence electrons. The lowest BCUT2D eigenvalue weighted by Gasteiger charge is -2.09. The predicted octanol–water partition coefficient (Wildman–Crippen LogP) is 2.12. The Labute approximate surface area is 105 Å². The summed E-state index contributed by atoms with van der Waals surface area (Å²) in [6.45, 7) is 2.02. The summed E-state index contributed by atoms with van der Waals surface area (Å²) in [5.41, 5.74) is 3.63. The summed E-state index contributed by atoms with van der Waals surface area (Å²) in [5, 5.41) is 14.6. The molecular formula is C14H13N3O. The quantitative estimate of drug-likeness (QED) is 0.745. The van der Waals surface area contributed by atoms with E-state index in [4.69, 9.17) is 0 Å². The summed E-state index contributed by atoms with van der Waals surface area (Å²) in [6, 6.07) is 7.84. The van der Waals surface area contributed by atoms with E-state index in [2.05, 4.69) is 10.1 Å². The van der Waals surface area contributed by atoms with Gasteiger partial charge in [-0.3, -0.25) is 4.98 Å². The van der Waals surface area contributed by atoms with Crippen molar-refractivity contribution >= 4 is 5.52 Å². The average molecular weight is 239 g/mol. The summed E-state index contributed by atoms with van der Waals surface area (Å²) in [6.07, 6.45) is 6.15. The SMILES string of the molecule is Cc1ccc(C(O)c2cnn3ccncc23)cc1. The maximum atomic E-state index is 10.4. The van der Waals surface area contributed by atoms with Crippen molar-refractivity contribution in [1.82, 2.24) is 14.6 Å². The van der Waals surface area contributed by atoms with Gasteiger partial charge in [0.2, 0.25) is 0 Å². The smallest absolute Gasteiger partial charge is 0.108 e. The molecule has 1 N–H and O–H groups in total. The molecule has 4 heteroatoms. The van der Waals surface area contributed by atoms with E-state index in [-0.39, 0.29) is 0 Å². The molecule has 0 spiro atoms. The predicted molar refractivity (Wildman–Crippen MR) is 68.2 cm³/mol. The van der Waals surface area contributed by atoms with Crippen molar-refractivity contribution in [2.75, 3.05) is 0 Å². The highest BCUT2D eigenvalue weighted by atomic mass is 16.3. The molecule has 0 saturated heterocycles. The van der Waals surface area contributed by atoms with E-state index in [0.29, 0.717) is 0 Å². The molecule has 1 atom stereocenters. The molecule has 0 aliphatic carbocycles. The number of aliphatic hydroxyl groups excluding tert-OH is 1. The molecule has 4 nitrogen and oxygen atoms in total. The van der Waals surface area contributed by atoms with E-state index in [1.807, 2.05) is 31.2 Å². The highest BCUT2D eigenvalue weighted by Gasteiger charge is 2.15. The van der Waals surface area contributed by atoms with Gasteiger partial charge in [0.05, 0.1) is 17.9 Å². The number of hydrogen-bond donors (Lipinski definition) is 1. The second kappa shape index (κ2) is 4.23. The Morgan fingerprint density at radius 1 is 1.17 bits per heavy atom. The van der Waals surface area contributed by atoms with Gasteiger partial charge in [-0.05, 0) is 12.5 Å². The number of aliphatic hydroxyl groups is 1. The minimum Gasteiger partial charge on any atom is -0.384 e. The lowest BCUT2D eigenvalue weighted by molar-refractivity contribution is 0.222. The van der Waals surface area contributed by atoms with Crippen LogP contribution in [0, 0.1) is 6.92 Å². The molecular weight excluding hydrogens is 226 g/mol. The molecule has 1 aromatic carbocycles. The number of nitrogens with zero attached hydrogens (tertiary/aromatic N) is 3. The lowest BCUT2D eigenvalue weighted by Crippen LogP contribution is -1.99. The van der Waals surface area contributed by atoms with Gasteiger partial charge in [0.25, 0.3) is 0 Å². The van der Waals surface area contributed by atoms with Crippen molar-refractivity contribution in [3.05, 3.63) is 65.7 Å². The normalized spacial score (nSPS) is 12.8. The Morgan fingerprint density at radius 2 is 1.94 bits per heavy atom. The fraction of sp³-hybridized carbons (Fsp3) is 0.143. The third-order valence-corrected chi connectivity index (χ3v) is 3.04. The van der Waals surface area contributed by atoms with E-state index in [1.54, 1.807) is 29.3 Å². The molecule has 0 aliphatic rings. The van der Waals surface area contributed by atoms with Crippen LogP contribution >= 0.6 is 0 Å². The van der Waals surface area contributed by atoms with Crippen molar-refractivity contribution in [2.24, 2.45) is 0 Å². The summed E-state index contributed by atoms with van der Waals surface area (Å²) >= 11 is 0. The Kier molecular flexibility index (Phi) is 2.57. The largest absolute Gasteiger partial charge is 0.384 e. The number of rotatable bonds is 2. The third kappa shape index (κ3) is 1.76. The van der Waals surface area contributed by atoms with Crippen LogP contribution in [0.3, 0.4) is 0 Å². The minimum atomic E-state index is -0.674. The van der Waals surface area contributed by atoms with Gasteiger partial charge in [-0.2, -0.15) is 5.10 Å². The highest BCUT2D eigenvalue weighted by Crippen LogP contribution is 2.25. The second-order valence-corrected chi connectivity index (χ2v) is 4.32. The first-order valence-electron chi connectivity index (χ1n) is 5.77. The van der Waals surface area contributed by atoms with Gasteiger partial charge < -0.3 is 5.11 Å². The van der Waals surface area contributed by atoms with E-state index in [1.165, 1.54) is 5.56 Å². The van der Waals surface area contributed by atoms with Crippen LogP contribution in [0.1, 0.15) is 22.8 Å². The van der Waals surface area contributed by atoms with Crippen LogP contribution in [-0.4, -0.2) is 19.7 Å². The van der Waals surface area contributed by atoms with E-state index < -0.39 is 6.10 Å². The van der Waals surface area contributed by atoms with Crippen LogP contribution in [0.5, 0.6) is 0 Å². The molecule has 0 bridgehead atoms. The maximum Gasteiger partial charge on any atom is 0.108 e. The van der Waals surface area contributed by atoms with Gasteiger partial charge >= 0.3 is 0 Å². The topological polar surface area (TPSA) is 50.4 Å². The monoisotopic (exact) mass is 239 g/mol. The standard InChI is InChI=1S/C14H13N3O/c1-10-2-4-11(5-3-10)14(18)12-8-16-17-7-6-15-9-13(12)17/h2-9,14,18H,1H3. The Balaban J connectivity index is 2.06. The minimum absolute atomic E-state index is 0.674. The second-order valence-electron chi connectivity index (χ2n) is 4.32. The van der Waals surface area contributed by atoms with Crippen LogP contribution in [0.25, 0.3) is 5.52 Å². The zero-order valence-electron chi connectivity index (χ0n) is 9.99. The summed E-state index contributed by atoms with van der Waals surface area (Å²) in [5.74, 6) is 0. The van der Waals surface area contributed by atoms with Crippen LogP contribution < -0.4 is 0 Å². The van der Waals surface area contributed by atoms with Crippen molar-refractivity contribution < 1.29 is 5.11 Å². The van der Waals surface area contributed by atoms with Gasteiger partial charge in [0.15, 0.2) is 0 Å². The summed E-state index contributed by atoms with van der Waals surface area (Å²) < 4.78 is 1.71. The van der Waals surface area contributed by atoms with E-state index in [9.17, 15) is 5.11 Å². The van der Waals surface area contributed by atoms with Gasteiger partial charge in [0.1, 0.15) is 6.10 Å². The zero-order chi connectivity index (χ0) is 12.5. The Morgan fingerprint density at radius 3 is 2.72 bits per heavy atom. The Bertz CT molecular complexity index is 673. The van der Waals surface area contributed by atoms with E-state index in [0.717, 1.165) is 16.6 Å². The third-order valence-electron chi connectivity index (χ3n) is 3.04. The number of fused-ring (bicyclic) bond motifs is 1. The lowest BCUT2D eigenvalue weighted by atomic mass is 10.0. The van der Waals surface area contributed by atoms with Crippen LogP contribution in [-0.2, 0) is 0 Å². The van der Waals surface area contributed by atoms with Crippen molar-refractivity contribution in [2.45, 2.75) is 13.0 Å². The number of aryl methyl sites for hydroxylation is 1. The molecule has 2 aromatic heterocycles. The van der Waals surface area contributed by atoms with Crippen molar-refractivity contribution in [3.63, 3.8) is 0 Å². The van der Waals surface area contributed by atoms with Crippen molar-refractivity contribution in [3.8, 4) is 0 Å². The van der Waals surface area contributed by atoms with Gasteiger partial charge in [-0.1, -0.05) is 29.8 Å². The number of hydrogen-bond acceptors (Lipinski definition) is 3. The fourth-order valence-electron chi connectivity index (χ4n) is 1.99. The molecule has 1 unspecified atom stereocenters. The fourth-order valence-corrected chi connectivity index (χ4v) is 1.99. The molecule has 0 aliphatic heterocycles. The molecule has 3 aromatic rings. The molecule has 3 rings (SSSR count). The first kappa shape index (κ1) is 10.9. The maximum absolute atomic E-state index is 10.4. The molecule has 0 amide bonds. The molecule has 18 heavy (non-hydrogen) atoms. The summed E-state index contributed by atoms with van der Waals surface area (Å²) in [4.78, 5) is 4.06. The summed E-state index contributed by atoms with van der Waals surface area (Å²) in [7, 11) is 0. The molecule has 0 radical (unpaired) electrons. The zero-order valence-corrected chi connectivity index (χ0v) is 9.99. The molecule has 2 heterocycles. The van der Waals surface area contributed by atoms with Crippen LogP contribution in [0.4, 0.5) is 0 Å². The average Bonchev–Trinajstić information content (AvgIpc) is 2.82. The number of benzene rings is 1. The first-order valence-corrected chi connectivity index (χ1v) is 5.77. The van der Waals surface area contributed by atoms with Gasteiger partial charge in [-0.25, -0.2) is 4.52 Å². The van der Waals surface area contributed by atoms with Crippen LogP contribution in [0.15, 0.2) is 49.1 Å². The van der Waals surface area contributed by atoms with Crippen LogP contribution in [0.2, 0.25) is 0 Å². The van der Waals surface area contributed by atoms with Gasteiger partial charge in [0, 0.05) is 18.0 Å². The first-order chi connectivity index (χ1) is 8.75. The molecule has 0 saturated carbocycles.